The van der Waals surface area contributed by atoms with Gasteiger partial charge in [0.15, 0.2) is 0 Å². The minimum atomic E-state index is 0.883. The third-order valence-corrected chi connectivity index (χ3v) is 5.44. The Morgan fingerprint density at radius 1 is 0.640 bits per heavy atom. The Balaban J connectivity index is 1.89. The molecule has 3 aromatic carbocycles. The Bertz CT molecular complexity index is 914. The van der Waals surface area contributed by atoms with Gasteiger partial charge in [-0.3, -0.25) is 0 Å². The molecule has 0 fully saturated rings. The Morgan fingerprint density at radius 2 is 1.28 bits per heavy atom. The van der Waals surface area contributed by atoms with Crippen LogP contribution < -0.4 is 4.74 Å². The van der Waals surface area contributed by atoms with Crippen LogP contribution in [0.15, 0.2) is 91.0 Å². The van der Waals surface area contributed by atoms with Crippen LogP contribution in [0.4, 0.5) is 0 Å². The predicted molar refractivity (Wildman–Crippen MR) is 107 cm³/mol. The van der Waals surface area contributed by atoms with E-state index in [9.17, 15) is 0 Å². The Hall–Kier alpha value is -2.84. The average molecular weight is 342 g/mol. The summed E-state index contributed by atoms with van der Waals surface area (Å²) in [6.07, 6.45) is 0. The van der Waals surface area contributed by atoms with E-state index in [4.69, 9.17) is 4.74 Å². The highest BCUT2D eigenvalue weighted by Gasteiger charge is 2.14. The summed E-state index contributed by atoms with van der Waals surface area (Å²) in [4.78, 5) is 2.54. The van der Waals surface area contributed by atoms with Crippen LogP contribution in [0.5, 0.6) is 5.75 Å². The van der Waals surface area contributed by atoms with Crippen LogP contribution in [0.3, 0.4) is 0 Å². The van der Waals surface area contributed by atoms with E-state index >= 15 is 0 Å². The number of hydrogen-bond acceptors (Lipinski definition) is 2. The smallest absolute Gasteiger partial charge is 0.119 e. The maximum atomic E-state index is 5.39. The van der Waals surface area contributed by atoms with Gasteiger partial charge in [0.25, 0.3) is 0 Å². The minimum Gasteiger partial charge on any atom is -0.497 e. The van der Waals surface area contributed by atoms with Gasteiger partial charge in [0.2, 0.25) is 0 Å². The quantitative estimate of drug-likeness (QED) is 0.398. The molecule has 0 aliphatic heterocycles. The first kappa shape index (κ1) is 15.7. The van der Waals surface area contributed by atoms with Crippen molar-refractivity contribution in [1.29, 1.82) is 0 Å². The standard InChI is InChI=1S/C23H18OS/c1-24-20-14-8-13-19(15-20)22-16-21(17-9-4-2-5-10-17)23(25-22)18-11-6-3-7-12-18/h2-16H,1H3. The number of thiophene rings is 1. The molecule has 0 aliphatic rings. The van der Waals surface area contributed by atoms with Crippen molar-refractivity contribution in [3.05, 3.63) is 91.0 Å². The molecular weight excluding hydrogens is 324 g/mol. The highest BCUT2D eigenvalue weighted by atomic mass is 32.1. The summed E-state index contributed by atoms with van der Waals surface area (Å²) < 4.78 is 5.39. The number of rotatable bonds is 4. The Labute approximate surface area is 152 Å². The molecule has 1 heterocycles. The van der Waals surface area contributed by atoms with Crippen molar-refractivity contribution >= 4 is 11.3 Å². The molecule has 122 valence electrons. The molecule has 4 aromatic rings. The molecule has 0 unspecified atom stereocenters. The first-order valence-electron chi connectivity index (χ1n) is 8.24. The lowest BCUT2D eigenvalue weighted by atomic mass is 10.0. The number of hydrogen-bond donors (Lipinski definition) is 0. The minimum absolute atomic E-state index is 0.883. The second-order valence-electron chi connectivity index (χ2n) is 5.82. The summed E-state index contributed by atoms with van der Waals surface area (Å²) in [7, 11) is 1.71. The van der Waals surface area contributed by atoms with E-state index in [-0.39, 0.29) is 0 Å². The van der Waals surface area contributed by atoms with Crippen LogP contribution in [-0.4, -0.2) is 7.11 Å². The van der Waals surface area contributed by atoms with E-state index in [2.05, 4.69) is 78.9 Å². The van der Waals surface area contributed by atoms with Gasteiger partial charge in [-0.25, -0.2) is 0 Å². The lowest BCUT2D eigenvalue weighted by Gasteiger charge is -2.03. The summed E-state index contributed by atoms with van der Waals surface area (Å²) >= 11 is 1.82. The van der Waals surface area contributed by atoms with Gasteiger partial charge in [0.05, 0.1) is 7.11 Å². The van der Waals surface area contributed by atoms with Gasteiger partial charge in [0.1, 0.15) is 5.75 Å². The fourth-order valence-electron chi connectivity index (χ4n) is 2.95. The van der Waals surface area contributed by atoms with E-state index < -0.39 is 0 Å². The van der Waals surface area contributed by atoms with Gasteiger partial charge in [-0.2, -0.15) is 0 Å². The van der Waals surface area contributed by atoms with E-state index in [1.54, 1.807) is 7.11 Å². The van der Waals surface area contributed by atoms with Crippen LogP contribution in [0.1, 0.15) is 0 Å². The van der Waals surface area contributed by atoms with Crippen molar-refractivity contribution in [2.24, 2.45) is 0 Å². The Kier molecular flexibility index (Phi) is 4.36. The van der Waals surface area contributed by atoms with Gasteiger partial charge >= 0.3 is 0 Å². The summed E-state index contributed by atoms with van der Waals surface area (Å²) in [6.45, 7) is 0. The number of ether oxygens (including phenoxy) is 1. The molecule has 4 rings (SSSR count). The number of methoxy groups -OCH3 is 1. The SMILES string of the molecule is COc1cccc(-c2cc(-c3ccccc3)c(-c3ccccc3)s2)c1. The molecule has 25 heavy (non-hydrogen) atoms. The number of benzene rings is 3. The predicted octanol–water partition coefficient (Wildman–Crippen LogP) is 6.76. The van der Waals surface area contributed by atoms with Gasteiger partial charge in [0, 0.05) is 15.3 Å². The van der Waals surface area contributed by atoms with Gasteiger partial charge < -0.3 is 4.74 Å². The molecule has 0 radical (unpaired) electrons. The second kappa shape index (κ2) is 6.96. The summed E-state index contributed by atoms with van der Waals surface area (Å²) in [5.41, 5.74) is 4.95. The highest BCUT2D eigenvalue weighted by Crippen LogP contribution is 2.43. The molecule has 0 bridgehead atoms. The zero-order valence-electron chi connectivity index (χ0n) is 14.0. The van der Waals surface area contributed by atoms with Crippen LogP contribution in [-0.2, 0) is 0 Å². The van der Waals surface area contributed by atoms with Crippen molar-refractivity contribution in [2.75, 3.05) is 7.11 Å². The first-order valence-corrected chi connectivity index (χ1v) is 9.06. The van der Waals surface area contributed by atoms with Crippen molar-refractivity contribution in [2.45, 2.75) is 0 Å². The molecule has 0 saturated carbocycles. The molecule has 1 aromatic heterocycles. The van der Waals surface area contributed by atoms with Crippen LogP contribution in [0.2, 0.25) is 0 Å². The lowest BCUT2D eigenvalue weighted by molar-refractivity contribution is 0.415. The largest absolute Gasteiger partial charge is 0.497 e. The topological polar surface area (TPSA) is 9.23 Å². The summed E-state index contributed by atoms with van der Waals surface area (Å²) in [5.74, 6) is 0.883. The normalized spacial score (nSPS) is 10.6. The third-order valence-electron chi connectivity index (χ3n) is 4.21. The van der Waals surface area contributed by atoms with Crippen molar-refractivity contribution < 1.29 is 4.74 Å². The summed E-state index contributed by atoms with van der Waals surface area (Å²) in [5, 5.41) is 0. The van der Waals surface area contributed by atoms with Crippen LogP contribution >= 0.6 is 11.3 Å². The first-order chi connectivity index (χ1) is 12.3. The van der Waals surface area contributed by atoms with Gasteiger partial charge in [-0.15, -0.1) is 11.3 Å². The molecule has 2 heteroatoms. The summed E-state index contributed by atoms with van der Waals surface area (Å²) in [6, 6.07) is 31.7. The van der Waals surface area contributed by atoms with E-state index in [1.165, 1.54) is 32.0 Å². The Morgan fingerprint density at radius 3 is 1.96 bits per heavy atom. The maximum absolute atomic E-state index is 5.39. The third kappa shape index (κ3) is 3.21. The maximum Gasteiger partial charge on any atom is 0.119 e. The fourth-order valence-corrected chi connectivity index (χ4v) is 4.13. The van der Waals surface area contributed by atoms with E-state index in [0.717, 1.165) is 5.75 Å². The van der Waals surface area contributed by atoms with Crippen molar-refractivity contribution in [3.63, 3.8) is 0 Å². The van der Waals surface area contributed by atoms with E-state index in [1.807, 2.05) is 23.5 Å². The molecule has 0 N–H and O–H groups in total. The fraction of sp³-hybridized carbons (Fsp3) is 0.0435. The van der Waals surface area contributed by atoms with Gasteiger partial charge in [-0.05, 0) is 34.9 Å². The molecule has 0 amide bonds. The lowest BCUT2D eigenvalue weighted by Crippen LogP contribution is -1.82. The van der Waals surface area contributed by atoms with Gasteiger partial charge in [-0.1, -0.05) is 72.8 Å². The van der Waals surface area contributed by atoms with E-state index in [0.29, 0.717) is 0 Å². The zero-order chi connectivity index (χ0) is 17.1. The highest BCUT2D eigenvalue weighted by molar-refractivity contribution is 7.19. The zero-order valence-corrected chi connectivity index (χ0v) is 14.8. The van der Waals surface area contributed by atoms with Crippen molar-refractivity contribution in [1.82, 2.24) is 0 Å². The van der Waals surface area contributed by atoms with Crippen LogP contribution in [0.25, 0.3) is 32.0 Å². The molecule has 0 aliphatic carbocycles. The molecule has 0 spiro atoms. The van der Waals surface area contributed by atoms with Crippen LogP contribution in [0, 0.1) is 0 Å². The molecule has 0 saturated heterocycles. The molecule has 1 nitrogen and oxygen atoms in total. The molecule has 0 atom stereocenters. The average Bonchev–Trinajstić information content (AvgIpc) is 3.15. The second-order valence-corrected chi connectivity index (χ2v) is 6.87. The van der Waals surface area contributed by atoms with Crippen molar-refractivity contribution in [3.8, 4) is 37.8 Å². The monoisotopic (exact) mass is 342 g/mol. The molecular formula is C23H18OS.